The molecule has 0 bridgehead atoms. The van der Waals surface area contributed by atoms with Crippen molar-refractivity contribution in [2.24, 2.45) is 0 Å². The van der Waals surface area contributed by atoms with Gasteiger partial charge in [0, 0.05) is 0 Å². The first-order chi connectivity index (χ1) is 16.5. The van der Waals surface area contributed by atoms with Crippen LogP contribution in [0.4, 0.5) is 0 Å². The van der Waals surface area contributed by atoms with E-state index in [1.807, 2.05) is 6.07 Å². The first-order valence-corrected chi connectivity index (χ1v) is 14.0. The average molecular weight is 465 g/mol. The molecule has 1 fully saturated rings. The van der Waals surface area contributed by atoms with E-state index in [1.165, 1.54) is 74.5 Å². The van der Waals surface area contributed by atoms with Crippen LogP contribution in [0.5, 0.6) is 5.75 Å². The molecule has 0 saturated heterocycles. The van der Waals surface area contributed by atoms with E-state index < -0.39 is 0 Å². The molecule has 2 aromatic rings. The minimum atomic E-state index is -0.182. The lowest BCUT2D eigenvalue weighted by Gasteiger charge is -2.30. The van der Waals surface area contributed by atoms with Crippen LogP contribution < -0.4 is 4.74 Å². The highest BCUT2D eigenvalue weighted by molar-refractivity contribution is 5.43. The molecule has 1 aliphatic carbocycles. The molecule has 34 heavy (non-hydrogen) atoms. The predicted molar refractivity (Wildman–Crippen MR) is 145 cm³/mol. The van der Waals surface area contributed by atoms with Gasteiger partial charge in [-0.1, -0.05) is 121 Å². The Kier molecular flexibility index (Phi) is 11.0. The van der Waals surface area contributed by atoms with Gasteiger partial charge in [0.05, 0.1) is 6.10 Å². The number of aliphatic hydroxyl groups is 1. The number of hydrogen-bond donors (Lipinski definition) is 1. The van der Waals surface area contributed by atoms with E-state index in [1.54, 1.807) is 0 Å². The number of benzene rings is 2. The summed E-state index contributed by atoms with van der Waals surface area (Å²) in [6, 6.07) is 17.4. The number of aliphatic hydroxyl groups excluding tert-OH is 1. The van der Waals surface area contributed by atoms with Gasteiger partial charge in [-0.05, 0) is 59.8 Å². The highest BCUT2D eigenvalue weighted by Gasteiger charge is 2.27. The van der Waals surface area contributed by atoms with Gasteiger partial charge in [-0.3, -0.25) is 0 Å². The lowest BCUT2D eigenvalue weighted by Crippen LogP contribution is -2.20. The fraction of sp³-hybridized carbons (Fsp3) is 0.625. The zero-order valence-corrected chi connectivity index (χ0v) is 22.0. The lowest BCUT2D eigenvalue weighted by atomic mass is 9.77. The molecule has 1 saturated carbocycles. The lowest BCUT2D eigenvalue weighted by molar-refractivity contribution is 0.118. The number of ether oxygens (including phenoxy) is 1. The number of unbranched alkanes of at least 4 members (excludes halogenated alkanes) is 7. The monoisotopic (exact) mass is 464 g/mol. The highest BCUT2D eigenvalue weighted by Crippen LogP contribution is 2.41. The Labute approximate surface area is 209 Å². The molecule has 0 amide bonds. The quantitative estimate of drug-likeness (QED) is 0.282. The van der Waals surface area contributed by atoms with Crippen molar-refractivity contribution in [1.82, 2.24) is 0 Å². The second kappa shape index (κ2) is 13.9. The summed E-state index contributed by atoms with van der Waals surface area (Å²) in [5.41, 5.74) is 3.98. The summed E-state index contributed by atoms with van der Waals surface area (Å²) in [7, 11) is 0. The van der Waals surface area contributed by atoms with Gasteiger partial charge in [0.25, 0.3) is 0 Å². The maximum absolute atomic E-state index is 10.3. The topological polar surface area (TPSA) is 29.5 Å². The molecule has 188 valence electrons. The summed E-state index contributed by atoms with van der Waals surface area (Å²) in [6.45, 7) is 7.64. The van der Waals surface area contributed by atoms with Crippen LogP contribution in [-0.4, -0.2) is 11.2 Å². The van der Waals surface area contributed by atoms with Gasteiger partial charge in [-0.25, -0.2) is 0 Å². The minimum absolute atomic E-state index is 0.137. The Morgan fingerprint density at radius 1 is 0.882 bits per heavy atom. The summed E-state index contributed by atoms with van der Waals surface area (Å²) < 4.78 is 6.46. The minimum Gasteiger partial charge on any atom is -0.489 e. The maximum atomic E-state index is 10.3. The zero-order chi connectivity index (χ0) is 24.2. The van der Waals surface area contributed by atoms with E-state index in [2.05, 4.69) is 63.2 Å². The van der Waals surface area contributed by atoms with Gasteiger partial charge in [0.2, 0.25) is 0 Å². The van der Waals surface area contributed by atoms with E-state index >= 15 is 0 Å². The van der Waals surface area contributed by atoms with E-state index in [4.69, 9.17) is 4.74 Å². The number of hydrogen-bond acceptors (Lipinski definition) is 2. The molecular weight excluding hydrogens is 416 g/mol. The Balaban J connectivity index is 1.65. The van der Waals surface area contributed by atoms with Crippen LogP contribution in [0.3, 0.4) is 0 Å². The standard InChI is InChI=1S/C32H48O2/c1-4-5-6-7-8-9-10-14-22-32(2,3)28-20-21-30(27-18-15-19-29(33)23-27)31(24-28)34-25-26-16-12-11-13-17-26/h11-13,16-17,20-21,24,27,29,33H,4-10,14-15,18-19,22-23,25H2,1-3H3/t27-,29+/m1/s1. The average Bonchev–Trinajstić information content (AvgIpc) is 2.85. The SMILES string of the molecule is CCCCCCCCCCC(C)(C)c1ccc([C@@H]2CCC[C@H](O)C2)c(OCc2ccccc2)c1. The molecule has 1 N–H and O–H groups in total. The van der Waals surface area contributed by atoms with Crippen molar-refractivity contribution >= 4 is 0 Å². The summed E-state index contributed by atoms with van der Waals surface area (Å²) in [4.78, 5) is 0. The normalized spacial score (nSPS) is 18.7. The van der Waals surface area contributed by atoms with Gasteiger partial charge in [-0.15, -0.1) is 0 Å². The smallest absolute Gasteiger partial charge is 0.123 e. The second-order valence-electron chi connectivity index (χ2n) is 11.2. The molecule has 0 heterocycles. The van der Waals surface area contributed by atoms with Crippen LogP contribution in [-0.2, 0) is 12.0 Å². The van der Waals surface area contributed by atoms with E-state index in [0.29, 0.717) is 12.5 Å². The Hall–Kier alpha value is -1.80. The molecule has 2 atom stereocenters. The Morgan fingerprint density at radius 3 is 2.29 bits per heavy atom. The molecule has 3 rings (SSSR count). The maximum Gasteiger partial charge on any atom is 0.123 e. The van der Waals surface area contributed by atoms with Crippen molar-refractivity contribution in [3.63, 3.8) is 0 Å². The Bertz CT molecular complexity index is 826. The molecule has 0 aliphatic heterocycles. The van der Waals surface area contributed by atoms with Crippen LogP contribution in [0.2, 0.25) is 0 Å². The van der Waals surface area contributed by atoms with Gasteiger partial charge in [0.1, 0.15) is 12.4 Å². The third kappa shape index (κ3) is 8.45. The van der Waals surface area contributed by atoms with Crippen molar-refractivity contribution < 1.29 is 9.84 Å². The van der Waals surface area contributed by atoms with Crippen LogP contribution >= 0.6 is 0 Å². The first kappa shape index (κ1) is 26.8. The van der Waals surface area contributed by atoms with Crippen molar-refractivity contribution in [2.75, 3.05) is 0 Å². The van der Waals surface area contributed by atoms with Crippen molar-refractivity contribution in [1.29, 1.82) is 0 Å². The molecule has 0 aromatic heterocycles. The van der Waals surface area contributed by atoms with Gasteiger partial charge >= 0.3 is 0 Å². The molecule has 2 nitrogen and oxygen atoms in total. The second-order valence-corrected chi connectivity index (χ2v) is 11.2. The fourth-order valence-corrected chi connectivity index (χ4v) is 5.44. The molecule has 0 unspecified atom stereocenters. The van der Waals surface area contributed by atoms with Gasteiger partial charge in [0.15, 0.2) is 0 Å². The highest BCUT2D eigenvalue weighted by atomic mass is 16.5. The fourth-order valence-electron chi connectivity index (χ4n) is 5.44. The van der Waals surface area contributed by atoms with Crippen LogP contribution in [0.15, 0.2) is 48.5 Å². The van der Waals surface area contributed by atoms with E-state index in [-0.39, 0.29) is 11.5 Å². The Morgan fingerprint density at radius 2 is 1.59 bits per heavy atom. The molecule has 2 aromatic carbocycles. The van der Waals surface area contributed by atoms with Gasteiger partial charge in [-0.2, -0.15) is 0 Å². The van der Waals surface area contributed by atoms with Crippen LogP contribution in [0, 0.1) is 0 Å². The molecule has 2 heteroatoms. The first-order valence-electron chi connectivity index (χ1n) is 14.0. The van der Waals surface area contributed by atoms with E-state index in [0.717, 1.165) is 31.4 Å². The predicted octanol–water partition coefficient (Wildman–Crippen LogP) is 9.09. The van der Waals surface area contributed by atoms with Crippen molar-refractivity contribution in [2.45, 2.75) is 128 Å². The summed E-state index contributed by atoms with van der Waals surface area (Å²) >= 11 is 0. The number of rotatable bonds is 14. The van der Waals surface area contributed by atoms with Crippen molar-refractivity contribution in [3.05, 3.63) is 65.2 Å². The molecular formula is C32H48O2. The third-order valence-corrected chi connectivity index (χ3v) is 7.77. The van der Waals surface area contributed by atoms with Crippen LogP contribution in [0.25, 0.3) is 0 Å². The van der Waals surface area contributed by atoms with E-state index in [9.17, 15) is 5.11 Å². The summed E-state index contributed by atoms with van der Waals surface area (Å²) in [6.07, 6.45) is 15.9. The molecule has 0 radical (unpaired) electrons. The third-order valence-electron chi connectivity index (χ3n) is 7.77. The van der Waals surface area contributed by atoms with Gasteiger partial charge < -0.3 is 9.84 Å². The molecule has 1 aliphatic rings. The zero-order valence-electron chi connectivity index (χ0n) is 22.0. The summed E-state index contributed by atoms with van der Waals surface area (Å²) in [5, 5.41) is 10.3. The largest absolute Gasteiger partial charge is 0.489 e. The summed E-state index contributed by atoms with van der Waals surface area (Å²) in [5.74, 6) is 1.41. The molecule has 0 spiro atoms. The van der Waals surface area contributed by atoms with Crippen molar-refractivity contribution in [3.8, 4) is 5.75 Å². The van der Waals surface area contributed by atoms with Crippen LogP contribution in [0.1, 0.15) is 127 Å².